The van der Waals surface area contributed by atoms with E-state index in [1.54, 1.807) is 0 Å². The predicted octanol–water partition coefficient (Wildman–Crippen LogP) is 3.21. The predicted molar refractivity (Wildman–Crippen MR) is 73.8 cm³/mol. The molecule has 0 aromatic heterocycles. The number of carbonyl (C=O) groups excluding carboxylic acids is 1. The zero-order valence-electron chi connectivity index (χ0n) is 12.3. The number of carbonyl (C=O) groups is 1. The normalized spacial score (nSPS) is 42.4. The molecule has 2 rings (SSSR count). The summed E-state index contributed by atoms with van der Waals surface area (Å²) in [5.41, 5.74) is 0.180. The minimum absolute atomic E-state index is 0.0374. The van der Waals surface area contributed by atoms with Gasteiger partial charge in [-0.2, -0.15) is 0 Å². The van der Waals surface area contributed by atoms with Gasteiger partial charge in [-0.25, -0.2) is 0 Å². The lowest BCUT2D eigenvalue weighted by atomic mass is 9.63. The Kier molecular flexibility index (Phi) is 3.39. The van der Waals surface area contributed by atoms with E-state index in [-0.39, 0.29) is 16.8 Å². The first-order chi connectivity index (χ1) is 8.22. The van der Waals surface area contributed by atoms with Gasteiger partial charge in [-0.15, -0.1) is 0 Å². The van der Waals surface area contributed by atoms with Gasteiger partial charge in [0.05, 0.1) is 13.5 Å². The zero-order valence-corrected chi connectivity index (χ0v) is 13.3. The largest absolute Gasteiger partial charge is 0.469 e. The van der Waals surface area contributed by atoms with Crippen molar-refractivity contribution < 1.29 is 14.0 Å². The van der Waals surface area contributed by atoms with Crippen molar-refractivity contribution in [3.05, 3.63) is 0 Å². The Bertz CT molecular complexity index is 355. The zero-order chi connectivity index (χ0) is 13.6. The van der Waals surface area contributed by atoms with Gasteiger partial charge < -0.3 is 9.16 Å². The monoisotopic (exact) mass is 270 g/mol. The molecule has 3 atom stereocenters. The third-order valence-electron chi connectivity index (χ3n) is 5.59. The second kappa shape index (κ2) is 4.34. The van der Waals surface area contributed by atoms with Crippen LogP contribution in [0.25, 0.3) is 0 Å². The molecule has 0 spiro atoms. The van der Waals surface area contributed by atoms with Crippen molar-refractivity contribution >= 4 is 14.3 Å². The summed E-state index contributed by atoms with van der Waals surface area (Å²) in [5.74, 6) is 0.643. The molecule has 4 heteroatoms. The highest BCUT2D eigenvalue weighted by Gasteiger charge is 2.58. The lowest BCUT2D eigenvalue weighted by molar-refractivity contribution is -0.146. The summed E-state index contributed by atoms with van der Waals surface area (Å²) in [5, 5.41) is 0. The number of hydrogen-bond donors (Lipinski definition) is 0. The molecule has 0 N–H and O–H groups in total. The fraction of sp³-hybridized carbons (Fsp3) is 0.929. The molecule has 3 nitrogen and oxygen atoms in total. The van der Waals surface area contributed by atoms with Crippen molar-refractivity contribution in [3.8, 4) is 0 Å². The average Bonchev–Trinajstić information content (AvgIpc) is 2.52. The standard InChI is InChI=1S/C14H26O3Si/c1-13(8-12(15)16-3)7-6-11-9-18(4,5)17-10-14(11,13)2/h11H,6-10H2,1-5H3/t11-,13-,14+/m1/s1. The van der Waals surface area contributed by atoms with Crippen LogP contribution in [0.4, 0.5) is 0 Å². The summed E-state index contributed by atoms with van der Waals surface area (Å²) in [6, 6.07) is 1.24. The highest BCUT2D eigenvalue weighted by Crippen LogP contribution is 2.62. The summed E-state index contributed by atoms with van der Waals surface area (Å²) in [6.45, 7) is 10.00. The molecule has 1 aliphatic carbocycles. The molecule has 0 unspecified atom stereocenters. The Balaban J connectivity index is 2.19. The van der Waals surface area contributed by atoms with Gasteiger partial charge in [-0.05, 0) is 48.7 Å². The van der Waals surface area contributed by atoms with Crippen LogP contribution in [-0.4, -0.2) is 28.0 Å². The Labute approximate surface area is 111 Å². The first-order valence-electron chi connectivity index (χ1n) is 6.93. The topological polar surface area (TPSA) is 35.5 Å². The lowest BCUT2D eigenvalue weighted by Gasteiger charge is -2.50. The van der Waals surface area contributed by atoms with Gasteiger partial charge in [-0.3, -0.25) is 4.79 Å². The van der Waals surface area contributed by atoms with Crippen LogP contribution in [0.15, 0.2) is 0 Å². The number of fused-ring (bicyclic) bond motifs is 1. The van der Waals surface area contributed by atoms with Gasteiger partial charge in [0.2, 0.25) is 0 Å². The van der Waals surface area contributed by atoms with Crippen LogP contribution in [0.1, 0.15) is 33.1 Å². The molecular weight excluding hydrogens is 244 g/mol. The highest BCUT2D eigenvalue weighted by atomic mass is 28.4. The van der Waals surface area contributed by atoms with Crippen LogP contribution in [-0.2, 0) is 14.0 Å². The Morgan fingerprint density at radius 2 is 2.11 bits per heavy atom. The van der Waals surface area contributed by atoms with E-state index in [1.807, 2.05) is 0 Å². The fourth-order valence-electron chi connectivity index (χ4n) is 3.89. The average molecular weight is 270 g/mol. The van der Waals surface area contributed by atoms with Gasteiger partial charge >= 0.3 is 5.97 Å². The molecule has 0 aromatic rings. The van der Waals surface area contributed by atoms with Crippen molar-refractivity contribution in [2.45, 2.75) is 52.2 Å². The van der Waals surface area contributed by atoms with Crippen LogP contribution in [0, 0.1) is 16.7 Å². The number of hydrogen-bond acceptors (Lipinski definition) is 3. The first-order valence-corrected chi connectivity index (χ1v) is 10.0. The highest BCUT2D eigenvalue weighted by molar-refractivity contribution is 6.71. The van der Waals surface area contributed by atoms with Crippen molar-refractivity contribution in [3.63, 3.8) is 0 Å². The SMILES string of the molecule is COC(=O)C[C@@]1(C)CC[C@@H]2C[Si](C)(C)OC[C@@]21C. The summed E-state index contributed by atoms with van der Waals surface area (Å²) in [4.78, 5) is 11.7. The molecule has 18 heavy (non-hydrogen) atoms. The van der Waals surface area contributed by atoms with E-state index >= 15 is 0 Å². The summed E-state index contributed by atoms with van der Waals surface area (Å²) in [6.07, 6.45) is 2.89. The molecule has 2 aliphatic rings. The number of methoxy groups -OCH3 is 1. The molecule has 1 saturated heterocycles. The van der Waals surface area contributed by atoms with Crippen molar-refractivity contribution in [1.82, 2.24) is 0 Å². The molecule has 0 amide bonds. The molecular formula is C14H26O3Si. The lowest BCUT2D eigenvalue weighted by Crippen LogP contribution is -2.52. The van der Waals surface area contributed by atoms with Crippen LogP contribution in [0.5, 0.6) is 0 Å². The number of esters is 1. The third kappa shape index (κ3) is 2.14. The minimum Gasteiger partial charge on any atom is -0.469 e. The number of rotatable bonds is 2. The Morgan fingerprint density at radius 3 is 2.72 bits per heavy atom. The van der Waals surface area contributed by atoms with Crippen LogP contribution in [0.3, 0.4) is 0 Å². The van der Waals surface area contributed by atoms with Gasteiger partial charge in [0.25, 0.3) is 0 Å². The van der Waals surface area contributed by atoms with Crippen LogP contribution in [0.2, 0.25) is 19.1 Å². The minimum atomic E-state index is -1.45. The van der Waals surface area contributed by atoms with E-state index in [2.05, 4.69) is 26.9 Å². The van der Waals surface area contributed by atoms with Crippen molar-refractivity contribution in [1.29, 1.82) is 0 Å². The van der Waals surface area contributed by atoms with Crippen molar-refractivity contribution in [2.24, 2.45) is 16.7 Å². The van der Waals surface area contributed by atoms with Crippen molar-refractivity contribution in [2.75, 3.05) is 13.7 Å². The molecule has 0 aromatic carbocycles. The molecule has 1 heterocycles. The van der Waals surface area contributed by atoms with E-state index in [1.165, 1.54) is 19.6 Å². The molecule has 0 radical (unpaired) electrons. The Morgan fingerprint density at radius 1 is 1.44 bits per heavy atom. The molecule has 0 bridgehead atoms. The van der Waals surface area contributed by atoms with E-state index in [4.69, 9.17) is 9.16 Å². The van der Waals surface area contributed by atoms with Gasteiger partial charge in [0.15, 0.2) is 8.32 Å². The third-order valence-corrected chi connectivity index (χ3v) is 7.99. The first kappa shape index (κ1) is 14.1. The van der Waals surface area contributed by atoms with E-state index < -0.39 is 8.32 Å². The van der Waals surface area contributed by atoms with Crippen LogP contribution >= 0.6 is 0 Å². The van der Waals surface area contributed by atoms with Crippen LogP contribution < -0.4 is 0 Å². The fourth-order valence-corrected chi connectivity index (χ4v) is 6.54. The maximum atomic E-state index is 11.7. The second-order valence-corrected chi connectivity index (χ2v) is 11.4. The molecule has 2 fully saturated rings. The summed E-state index contributed by atoms with van der Waals surface area (Å²) in [7, 11) is 0.0297. The Hall–Kier alpha value is -0.353. The molecule has 1 aliphatic heterocycles. The van der Waals surface area contributed by atoms with Gasteiger partial charge in [0, 0.05) is 6.61 Å². The smallest absolute Gasteiger partial charge is 0.306 e. The van der Waals surface area contributed by atoms with Gasteiger partial charge in [0.1, 0.15) is 0 Å². The molecule has 1 saturated carbocycles. The van der Waals surface area contributed by atoms with E-state index in [0.29, 0.717) is 6.42 Å². The summed E-state index contributed by atoms with van der Waals surface area (Å²) < 4.78 is 11.1. The van der Waals surface area contributed by atoms with Gasteiger partial charge in [-0.1, -0.05) is 13.8 Å². The quantitative estimate of drug-likeness (QED) is 0.571. The van der Waals surface area contributed by atoms with E-state index in [9.17, 15) is 4.79 Å². The molecule has 104 valence electrons. The maximum absolute atomic E-state index is 11.7. The maximum Gasteiger partial charge on any atom is 0.306 e. The van der Waals surface area contributed by atoms with E-state index in [0.717, 1.165) is 18.9 Å². The number of ether oxygens (including phenoxy) is 1. The second-order valence-electron chi connectivity index (χ2n) is 7.22. The summed E-state index contributed by atoms with van der Waals surface area (Å²) >= 11 is 0.